The minimum atomic E-state index is -0.522. The first kappa shape index (κ1) is 13.7. The first-order valence-electron chi connectivity index (χ1n) is 6.19. The van der Waals surface area contributed by atoms with Crippen LogP contribution in [0, 0.1) is 0 Å². The van der Waals surface area contributed by atoms with Gasteiger partial charge < -0.3 is 14.6 Å². The van der Waals surface area contributed by atoms with E-state index in [0.29, 0.717) is 6.42 Å². The van der Waals surface area contributed by atoms with Gasteiger partial charge in [0, 0.05) is 6.42 Å². The molecule has 0 spiro atoms. The predicted octanol–water partition coefficient (Wildman–Crippen LogP) is 3.10. The summed E-state index contributed by atoms with van der Waals surface area (Å²) in [5, 5.41) is 10.1. The van der Waals surface area contributed by atoms with Crippen molar-refractivity contribution < 1.29 is 14.6 Å². The number of halogens is 1. The van der Waals surface area contributed by atoms with Gasteiger partial charge in [-0.2, -0.15) is 0 Å². The average molecular weight is 315 g/mol. The lowest BCUT2D eigenvalue weighted by molar-refractivity contribution is 0.150. The highest BCUT2D eigenvalue weighted by Crippen LogP contribution is 2.45. The van der Waals surface area contributed by atoms with Crippen molar-refractivity contribution >= 4 is 15.9 Å². The topological polar surface area (TPSA) is 38.7 Å². The van der Waals surface area contributed by atoms with Crippen LogP contribution in [0.2, 0.25) is 0 Å². The fraction of sp³-hybridized carbons (Fsp3) is 0.571. The number of aliphatic hydroxyl groups is 1. The summed E-state index contributed by atoms with van der Waals surface area (Å²) in [6, 6.07) is 2.08. The molecule has 4 heteroatoms. The molecule has 18 heavy (non-hydrogen) atoms. The number of methoxy groups -OCH3 is 2. The van der Waals surface area contributed by atoms with Crippen LogP contribution in [0.4, 0.5) is 0 Å². The molecule has 0 amide bonds. The minimum Gasteiger partial charge on any atom is -0.495 e. The molecular weight excluding hydrogens is 296 g/mol. The van der Waals surface area contributed by atoms with Crippen molar-refractivity contribution in [3.63, 3.8) is 0 Å². The van der Waals surface area contributed by atoms with Crippen molar-refractivity contribution in [1.29, 1.82) is 0 Å². The molecular formula is C14H19BrO3. The highest BCUT2D eigenvalue weighted by molar-refractivity contribution is 9.10. The van der Waals surface area contributed by atoms with Crippen LogP contribution < -0.4 is 9.47 Å². The van der Waals surface area contributed by atoms with E-state index >= 15 is 0 Å². The Bertz CT molecular complexity index is 453. The predicted molar refractivity (Wildman–Crippen MR) is 74.5 cm³/mol. The maximum Gasteiger partial charge on any atom is 0.140 e. The quantitative estimate of drug-likeness (QED) is 0.907. The van der Waals surface area contributed by atoms with Crippen LogP contribution in [0.25, 0.3) is 0 Å². The van der Waals surface area contributed by atoms with E-state index in [0.717, 1.165) is 46.4 Å². The zero-order chi connectivity index (χ0) is 13.3. The molecule has 0 radical (unpaired) electrons. The largest absolute Gasteiger partial charge is 0.495 e. The van der Waals surface area contributed by atoms with Crippen molar-refractivity contribution in [2.45, 2.75) is 38.2 Å². The van der Waals surface area contributed by atoms with E-state index in [1.807, 2.05) is 0 Å². The fourth-order valence-electron chi connectivity index (χ4n) is 2.24. The molecule has 0 aromatic heterocycles. The third-order valence-corrected chi connectivity index (χ3v) is 4.19. The third kappa shape index (κ3) is 2.50. The standard InChI is InChI=1S/C14H19BrO3/c1-4-9-7-10(8-14(16)5-6-14)13(18-3)11(15)12(9)17-2/h7,16H,4-6,8H2,1-3H3. The molecule has 1 aromatic carbocycles. The average Bonchev–Trinajstić information content (AvgIpc) is 3.06. The maximum absolute atomic E-state index is 10.1. The molecule has 1 fully saturated rings. The second-order valence-corrected chi connectivity index (χ2v) is 5.62. The molecule has 3 nitrogen and oxygen atoms in total. The summed E-state index contributed by atoms with van der Waals surface area (Å²) in [4.78, 5) is 0. The van der Waals surface area contributed by atoms with Crippen LogP contribution >= 0.6 is 15.9 Å². The molecule has 1 aliphatic carbocycles. The number of hydrogen-bond donors (Lipinski definition) is 1. The van der Waals surface area contributed by atoms with Crippen molar-refractivity contribution in [2.24, 2.45) is 0 Å². The van der Waals surface area contributed by atoms with E-state index in [1.54, 1.807) is 14.2 Å². The summed E-state index contributed by atoms with van der Waals surface area (Å²) in [5.74, 6) is 1.59. The van der Waals surface area contributed by atoms with Gasteiger partial charge in [-0.25, -0.2) is 0 Å². The number of rotatable bonds is 5. The molecule has 100 valence electrons. The van der Waals surface area contributed by atoms with Gasteiger partial charge >= 0.3 is 0 Å². The Morgan fingerprint density at radius 1 is 1.22 bits per heavy atom. The van der Waals surface area contributed by atoms with Gasteiger partial charge in [0.15, 0.2) is 0 Å². The SMILES string of the molecule is CCc1cc(CC2(O)CC2)c(OC)c(Br)c1OC. The highest BCUT2D eigenvalue weighted by atomic mass is 79.9. The van der Waals surface area contributed by atoms with E-state index in [4.69, 9.17) is 9.47 Å². The van der Waals surface area contributed by atoms with Crippen molar-refractivity contribution in [3.8, 4) is 11.5 Å². The highest BCUT2D eigenvalue weighted by Gasteiger charge is 2.41. The molecule has 0 bridgehead atoms. The normalized spacial score (nSPS) is 16.5. The van der Waals surface area contributed by atoms with E-state index in [2.05, 4.69) is 28.9 Å². The first-order chi connectivity index (χ1) is 8.54. The van der Waals surface area contributed by atoms with E-state index in [1.165, 1.54) is 0 Å². The lowest BCUT2D eigenvalue weighted by Gasteiger charge is -2.18. The Morgan fingerprint density at radius 3 is 2.22 bits per heavy atom. The Hall–Kier alpha value is -0.740. The van der Waals surface area contributed by atoms with Gasteiger partial charge in [-0.15, -0.1) is 0 Å². The number of hydrogen-bond acceptors (Lipinski definition) is 3. The Morgan fingerprint density at radius 2 is 1.78 bits per heavy atom. The lowest BCUT2D eigenvalue weighted by atomic mass is 10.0. The molecule has 1 aliphatic rings. The first-order valence-corrected chi connectivity index (χ1v) is 6.98. The van der Waals surface area contributed by atoms with E-state index < -0.39 is 5.60 Å². The summed E-state index contributed by atoms with van der Waals surface area (Å²) in [7, 11) is 3.30. The zero-order valence-electron chi connectivity index (χ0n) is 11.0. The molecule has 0 saturated heterocycles. The summed E-state index contributed by atoms with van der Waals surface area (Å²) < 4.78 is 11.7. The van der Waals surface area contributed by atoms with Crippen LogP contribution in [0.3, 0.4) is 0 Å². The second-order valence-electron chi connectivity index (χ2n) is 4.83. The molecule has 1 aromatic rings. The fourth-order valence-corrected chi connectivity index (χ4v) is 3.07. The van der Waals surface area contributed by atoms with Gasteiger partial charge in [0.2, 0.25) is 0 Å². The van der Waals surface area contributed by atoms with E-state index in [9.17, 15) is 5.11 Å². The van der Waals surface area contributed by atoms with Gasteiger partial charge in [-0.1, -0.05) is 6.92 Å². The van der Waals surface area contributed by atoms with Crippen molar-refractivity contribution in [1.82, 2.24) is 0 Å². The molecule has 1 saturated carbocycles. The Labute approximate surface area is 116 Å². The van der Waals surface area contributed by atoms with Gasteiger partial charge in [-0.05, 0) is 52.4 Å². The van der Waals surface area contributed by atoms with Crippen molar-refractivity contribution in [3.05, 3.63) is 21.7 Å². The number of aryl methyl sites for hydroxylation is 1. The summed E-state index contributed by atoms with van der Waals surface area (Å²) in [5.41, 5.74) is 1.65. The van der Waals surface area contributed by atoms with E-state index in [-0.39, 0.29) is 0 Å². The number of benzene rings is 1. The van der Waals surface area contributed by atoms with Gasteiger partial charge in [0.1, 0.15) is 16.0 Å². The van der Waals surface area contributed by atoms with Gasteiger partial charge in [0.25, 0.3) is 0 Å². The summed E-state index contributed by atoms with van der Waals surface area (Å²) >= 11 is 3.54. The van der Waals surface area contributed by atoms with Gasteiger partial charge in [0.05, 0.1) is 19.8 Å². The molecule has 0 atom stereocenters. The number of ether oxygens (including phenoxy) is 2. The smallest absolute Gasteiger partial charge is 0.140 e. The van der Waals surface area contributed by atoms with Crippen molar-refractivity contribution in [2.75, 3.05) is 14.2 Å². The maximum atomic E-state index is 10.1. The summed E-state index contributed by atoms with van der Waals surface area (Å²) in [6.07, 6.45) is 3.28. The molecule has 1 N–H and O–H groups in total. The Kier molecular flexibility index (Phi) is 3.87. The van der Waals surface area contributed by atoms with Crippen LogP contribution in [0.5, 0.6) is 11.5 Å². The Balaban J connectivity index is 2.47. The molecule has 0 unspecified atom stereocenters. The monoisotopic (exact) mass is 314 g/mol. The molecule has 0 aliphatic heterocycles. The van der Waals surface area contributed by atoms with Crippen LogP contribution in [0.1, 0.15) is 30.9 Å². The molecule has 0 heterocycles. The van der Waals surface area contributed by atoms with Crippen LogP contribution in [-0.4, -0.2) is 24.9 Å². The van der Waals surface area contributed by atoms with Crippen LogP contribution in [-0.2, 0) is 12.8 Å². The summed E-state index contributed by atoms with van der Waals surface area (Å²) in [6.45, 7) is 2.09. The lowest BCUT2D eigenvalue weighted by Crippen LogP contribution is -2.12. The second kappa shape index (κ2) is 5.10. The van der Waals surface area contributed by atoms with Crippen LogP contribution in [0.15, 0.2) is 10.5 Å². The minimum absolute atomic E-state index is 0.522. The third-order valence-electron chi connectivity index (χ3n) is 3.47. The molecule has 2 rings (SSSR count). The van der Waals surface area contributed by atoms with Gasteiger partial charge in [-0.3, -0.25) is 0 Å². The zero-order valence-corrected chi connectivity index (χ0v) is 12.6.